The summed E-state index contributed by atoms with van der Waals surface area (Å²) in [6, 6.07) is 0. The van der Waals surface area contributed by atoms with E-state index < -0.39 is 5.41 Å². The van der Waals surface area contributed by atoms with Crippen molar-refractivity contribution in [2.45, 2.75) is 53.1 Å². The molecular weight excluding hydrogens is 228 g/mol. The molecule has 0 aliphatic heterocycles. The van der Waals surface area contributed by atoms with E-state index in [0.717, 1.165) is 12.8 Å². The zero-order valence-corrected chi connectivity index (χ0v) is 11.7. The van der Waals surface area contributed by atoms with E-state index in [1.165, 1.54) is 5.57 Å². The number of esters is 1. The Morgan fingerprint density at radius 1 is 1.39 bits per heavy atom. The molecule has 3 unspecified atom stereocenters. The van der Waals surface area contributed by atoms with Crippen LogP contribution in [0, 0.1) is 17.3 Å². The van der Waals surface area contributed by atoms with Gasteiger partial charge in [0.05, 0.1) is 5.41 Å². The Labute approximate surface area is 109 Å². The first kappa shape index (κ1) is 13.3. The average molecular weight is 250 g/mol. The highest BCUT2D eigenvalue weighted by molar-refractivity contribution is 5.91. The number of hydrogen-bond donors (Lipinski definition) is 0. The topological polar surface area (TPSA) is 43.4 Å². The fourth-order valence-corrected chi connectivity index (χ4v) is 2.84. The Kier molecular flexibility index (Phi) is 3.35. The Hall–Kier alpha value is -1.12. The number of fused-ring (bicyclic) bond motifs is 1. The van der Waals surface area contributed by atoms with Gasteiger partial charge >= 0.3 is 5.97 Å². The van der Waals surface area contributed by atoms with Crippen LogP contribution in [0.15, 0.2) is 11.6 Å². The number of carbonyl (C=O) groups excluding carboxylic acids is 2. The molecule has 0 spiro atoms. The second-order valence-corrected chi connectivity index (χ2v) is 6.63. The van der Waals surface area contributed by atoms with Crippen molar-refractivity contribution in [2.75, 3.05) is 0 Å². The minimum absolute atomic E-state index is 0.0453. The van der Waals surface area contributed by atoms with Crippen LogP contribution in [-0.4, -0.2) is 17.9 Å². The van der Waals surface area contributed by atoms with Crippen LogP contribution in [0.1, 0.15) is 47.0 Å². The third-order valence-electron chi connectivity index (χ3n) is 3.89. The lowest BCUT2D eigenvalue weighted by Gasteiger charge is -2.28. The number of allylic oxidation sites excluding steroid dienone is 1. The maximum Gasteiger partial charge on any atom is 0.311 e. The first-order chi connectivity index (χ1) is 8.29. The molecule has 0 bridgehead atoms. The Morgan fingerprint density at radius 2 is 2.06 bits per heavy atom. The quantitative estimate of drug-likeness (QED) is 0.672. The summed E-state index contributed by atoms with van der Waals surface area (Å²) < 4.78 is 5.70. The van der Waals surface area contributed by atoms with Gasteiger partial charge in [0.15, 0.2) is 5.78 Å². The van der Waals surface area contributed by atoms with Crippen LogP contribution in [0.25, 0.3) is 0 Å². The molecule has 2 rings (SSSR count). The minimum Gasteiger partial charge on any atom is -0.461 e. The van der Waals surface area contributed by atoms with Crippen LogP contribution in [0.4, 0.5) is 0 Å². The Bertz CT molecular complexity index is 400. The number of hydrogen-bond acceptors (Lipinski definition) is 3. The van der Waals surface area contributed by atoms with Crippen LogP contribution < -0.4 is 0 Å². The molecule has 0 aromatic rings. The maximum absolute atomic E-state index is 12.0. The highest BCUT2D eigenvalue weighted by Crippen LogP contribution is 2.43. The van der Waals surface area contributed by atoms with Crippen LogP contribution in [0.5, 0.6) is 0 Å². The van der Waals surface area contributed by atoms with Gasteiger partial charge in [-0.1, -0.05) is 12.5 Å². The predicted octanol–water partition coefficient (Wildman–Crippen LogP) is 2.89. The predicted molar refractivity (Wildman–Crippen MR) is 68.9 cm³/mol. The molecule has 1 saturated carbocycles. The van der Waals surface area contributed by atoms with Gasteiger partial charge in [0.2, 0.25) is 0 Å². The van der Waals surface area contributed by atoms with Gasteiger partial charge in [0.25, 0.3) is 0 Å². The van der Waals surface area contributed by atoms with Crippen molar-refractivity contribution >= 4 is 11.8 Å². The van der Waals surface area contributed by atoms with Gasteiger partial charge in [0, 0.05) is 12.3 Å². The number of rotatable bonds is 1. The number of ketones is 1. The normalized spacial score (nSPS) is 31.9. The van der Waals surface area contributed by atoms with E-state index in [1.807, 2.05) is 20.8 Å². The molecule has 0 aromatic heterocycles. The van der Waals surface area contributed by atoms with Crippen LogP contribution >= 0.6 is 0 Å². The van der Waals surface area contributed by atoms with Gasteiger partial charge in [-0.25, -0.2) is 0 Å². The molecule has 0 heterocycles. The van der Waals surface area contributed by atoms with E-state index in [2.05, 4.69) is 6.92 Å². The second kappa shape index (κ2) is 4.52. The van der Waals surface area contributed by atoms with Crippen LogP contribution in [0.2, 0.25) is 0 Å². The first-order valence-electron chi connectivity index (χ1n) is 6.73. The van der Waals surface area contributed by atoms with Crippen molar-refractivity contribution < 1.29 is 14.3 Å². The zero-order chi connectivity index (χ0) is 13.5. The van der Waals surface area contributed by atoms with Crippen molar-refractivity contribution in [2.24, 2.45) is 17.3 Å². The Morgan fingerprint density at radius 3 is 2.67 bits per heavy atom. The third-order valence-corrected chi connectivity index (χ3v) is 3.89. The zero-order valence-electron chi connectivity index (χ0n) is 11.7. The largest absolute Gasteiger partial charge is 0.461 e. The molecule has 3 nitrogen and oxygen atoms in total. The lowest BCUT2D eigenvalue weighted by atomic mass is 9.88. The van der Waals surface area contributed by atoms with Gasteiger partial charge in [0.1, 0.15) is 6.10 Å². The van der Waals surface area contributed by atoms with Crippen molar-refractivity contribution in [1.29, 1.82) is 0 Å². The van der Waals surface area contributed by atoms with E-state index in [-0.39, 0.29) is 23.8 Å². The molecule has 18 heavy (non-hydrogen) atoms. The van der Waals surface area contributed by atoms with Crippen molar-refractivity contribution in [3.8, 4) is 0 Å². The third kappa shape index (κ3) is 2.50. The highest BCUT2D eigenvalue weighted by atomic mass is 16.5. The molecule has 0 saturated heterocycles. The second-order valence-electron chi connectivity index (χ2n) is 6.63. The van der Waals surface area contributed by atoms with Gasteiger partial charge in [-0.05, 0) is 45.6 Å². The van der Waals surface area contributed by atoms with Gasteiger partial charge in [-0.2, -0.15) is 0 Å². The van der Waals surface area contributed by atoms with E-state index in [9.17, 15) is 9.59 Å². The summed E-state index contributed by atoms with van der Waals surface area (Å²) >= 11 is 0. The van der Waals surface area contributed by atoms with Crippen molar-refractivity contribution in [3.63, 3.8) is 0 Å². The van der Waals surface area contributed by atoms with E-state index in [1.54, 1.807) is 6.08 Å². The summed E-state index contributed by atoms with van der Waals surface area (Å²) in [5.74, 6) is 0.663. The summed E-state index contributed by atoms with van der Waals surface area (Å²) in [5, 5.41) is 0. The summed E-state index contributed by atoms with van der Waals surface area (Å²) in [7, 11) is 0. The monoisotopic (exact) mass is 250 g/mol. The molecule has 3 heteroatoms. The van der Waals surface area contributed by atoms with Gasteiger partial charge in [-0.3, -0.25) is 9.59 Å². The number of ether oxygens (including phenoxy) is 1. The summed E-state index contributed by atoms with van der Waals surface area (Å²) in [6.45, 7) is 7.71. The Balaban J connectivity index is 2.12. The van der Waals surface area contributed by atoms with Gasteiger partial charge < -0.3 is 4.74 Å². The number of carbonyl (C=O) groups is 2. The molecule has 3 atom stereocenters. The molecule has 0 amide bonds. The van der Waals surface area contributed by atoms with E-state index in [4.69, 9.17) is 4.74 Å². The SMILES string of the molecule is CC1CC2=CC(=O)CCC2C1OC(=O)C(C)(C)C. The molecule has 0 radical (unpaired) electrons. The van der Waals surface area contributed by atoms with Crippen molar-refractivity contribution in [3.05, 3.63) is 11.6 Å². The summed E-state index contributed by atoms with van der Waals surface area (Å²) in [6.07, 6.45) is 4.03. The highest BCUT2D eigenvalue weighted by Gasteiger charge is 2.42. The maximum atomic E-state index is 12.0. The molecular formula is C15H22O3. The van der Waals surface area contributed by atoms with E-state index in [0.29, 0.717) is 12.3 Å². The smallest absolute Gasteiger partial charge is 0.311 e. The molecule has 0 N–H and O–H groups in total. The molecule has 2 aliphatic carbocycles. The molecule has 1 fully saturated rings. The average Bonchev–Trinajstić information content (AvgIpc) is 2.53. The fourth-order valence-electron chi connectivity index (χ4n) is 2.84. The van der Waals surface area contributed by atoms with Crippen LogP contribution in [0.3, 0.4) is 0 Å². The van der Waals surface area contributed by atoms with Gasteiger partial charge in [-0.15, -0.1) is 0 Å². The summed E-state index contributed by atoms with van der Waals surface area (Å²) in [5.41, 5.74) is 0.724. The van der Waals surface area contributed by atoms with Crippen LogP contribution in [-0.2, 0) is 14.3 Å². The lowest BCUT2D eigenvalue weighted by Crippen LogP contribution is -2.33. The summed E-state index contributed by atoms with van der Waals surface area (Å²) in [4.78, 5) is 23.4. The molecule has 100 valence electrons. The van der Waals surface area contributed by atoms with Crippen molar-refractivity contribution in [1.82, 2.24) is 0 Å². The lowest BCUT2D eigenvalue weighted by molar-refractivity contribution is -0.162. The standard InChI is InChI=1S/C15H22O3/c1-9-7-10-8-11(16)5-6-12(10)13(9)18-14(17)15(2,3)4/h8-9,12-13H,5-7H2,1-4H3. The fraction of sp³-hybridized carbons (Fsp3) is 0.733. The minimum atomic E-state index is -0.462. The molecule has 2 aliphatic rings. The van der Waals surface area contributed by atoms with E-state index >= 15 is 0 Å². The molecule has 0 aromatic carbocycles. The first-order valence-corrected chi connectivity index (χ1v) is 6.73.